The number of halogens is 1. The van der Waals surface area contributed by atoms with Crippen molar-refractivity contribution in [1.29, 1.82) is 0 Å². The first-order valence-corrected chi connectivity index (χ1v) is 11.8. The highest BCUT2D eigenvalue weighted by molar-refractivity contribution is 6.00. The molecule has 3 aromatic rings. The highest BCUT2D eigenvalue weighted by Gasteiger charge is 2.39. The lowest BCUT2D eigenvalue weighted by molar-refractivity contribution is 0.0949. The minimum Gasteiger partial charge on any atom is -0.373 e. The monoisotopic (exact) mass is 483 g/mol. The second-order valence-electron chi connectivity index (χ2n) is 9.01. The molecule has 186 valence electrons. The zero-order valence-corrected chi connectivity index (χ0v) is 19.8. The Morgan fingerprint density at radius 2 is 2.14 bits per heavy atom. The summed E-state index contributed by atoms with van der Waals surface area (Å²) < 4.78 is 16.5. The number of fused-ring (bicyclic) bond motifs is 1. The number of amides is 1. The number of nitrogens with zero attached hydrogens (tertiary/aromatic N) is 5. The topological polar surface area (TPSA) is 121 Å². The molecular weight excluding hydrogens is 453 g/mol. The van der Waals surface area contributed by atoms with Gasteiger partial charge in [-0.05, 0) is 25.6 Å². The van der Waals surface area contributed by atoms with Crippen LogP contribution >= 0.6 is 0 Å². The number of hydrogen-bond donors (Lipinski definition) is 4. The van der Waals surface area contributed by atoms with E-state index in [-0.39, 0.29) is 17.2 Å². The summed E-state index contributed by atoms with van der Waals surface area (Å²) in [6, 6.07) is 4.92. The third-order valence-corrected chi connectivity index (χ3v) is 6.56. The van der Waals surface area contributed by atoms with Crippen LogP contribution in [-0.4, -0.2) is 82.5 Å². The summed E-state index contributed by atoms with van der Waals surface area (Å²) in [5, 5.41) is 16.2. The molecule has 1 aliphatic carbocycles. The molecule has 0 unspecified atom stereocenters. The number of pyridine rings is 1. The Kier molecular flexibility index (Phi) is 6.39. The summed E-state index contributed by atoms with van der Waals surface area (Å²) >= 11 is 0. The third kappa shape index (κ3) is 4.71. The lowest BCUT2D eigenvalue weighted by Crippen LogP contribution is -2.31. The van der Waals surface area contributed by atoms with E-state index in [9.17, 15) is 14.0 Å². The molecule has 2 aliphatic rings. The van der Waals surface area contributed by atoms with Gasteiger partial charge in [-0.25, -0.2) is 9.37 Å². The van der Waals surface area contributed by atoms with Gasteiger partial charge in [0.05, 0.1) is 18.3 Å². The van der Waals surface area contributed by atoms with Crippen molar-refractivity contribution in [3.05, 3.63) is 46.5 Å². The highest BCUT2D eigenvalue weighted by atomic mass is 19.1. The Labute approximate surface area is 201 Å². The van der Waals surface area contributed by atoms with E-state index in [0.717, 1.165) is 32.6 Å². The van der Waals surface area contributed by atoms with Gasteiger partial charge in [-0.1, -0.05) is 0 Å². The molecule has 0 radical (unpaired) electrons. The van der Waals surface area contributed by atoms with Crippen LogP contribution in [0.15, 0.2) is 35.4 Å². The van der Waals surface area contributed by atoms with Crippen LogP contribution in [0.1, 0.15) is 29.2 Å². The van der Waals surface area contributed by atoms with E-state index in [0.29, 0.717) is 29.4 Å². The molecule has 1 saturated heterocycles. The van der Waals surface area contributed by atoms with E-state index < -0.39 is 18.1 Å². The van der Waals surface area contributed by atoms with Crippen molar-refractivity contribution in [2.45, 2.75) is 31.1 Å². The molecular formula is C23H30FN9O2. The number of likely N-dealkylation sites (N-methyl/N-ethyl adjacent to an activating group) is 1. The van der Waals surface area contributed by atoms with Crippen LogP contribution in [-0.2, 0) is 0 Å². The Morgan fingerprint density at radius 1 is 1.31 bits per heavy atom. The first-order chi connectivity index (χ1) is 17.0. The van der Waals surface area contributed by atoms with Crippen molar-refractivity contribution in [3.63, 3.8) is 0 Å². The number of likely N-dealkylation sites (tertiary alicyclic amines) is 1. The molecule has 1 amide bonds. The van der Waals surface area contributed by atoms with Crippen molar-refractivity contribution in [2.24, 2.45) is 0 Å². The van der Waals surface area contributed by atoms with E-state index in [1.54, 1.807) is 23.7 Å². The summed E-state index contributed by atoms with van der Waals surface area (Å²) in [6.07, 6.45) is 3.46. The highest BCUT2D eigenvalue weighted by Crippen LogP contribution is 2.26. The van der Waals surface area contributed by atoms with E-state index in [1.165, 1.54) is 10.7 Å². The summed E-state index contributed by atoms with van der Waals surface area (Å²) in [6.45, 7) is 3.64. The molecule has 1 saturated carbocycles. The molecule has 11 nitrogen and oxygen atoms in total. The number of nitrogens with one attached hydrogen (secondary N) is 4. The summed E-state index contributed by atoms with van der Waals surface area (Å²) in [5.74, 6) is 0.546. The Morgan fingerprint density at radius 3 is 2.89 bits per heavy atom. The van der Waals surface area contributed by atoms with Crippen molar-refractivity contribution < 1.29 is 9.18 Å². The van der Waals surface area contributed by atoms with E-state index in [4.69, 9.17) is 0 Å². The Hall–Kier alpha value is -3.51. The molecule has 12 heteroatoms. The van der Waals surface area contributed by atoms with Crippen LogP contribution in [0.5, 0.6) is 0 Å². The van der Waals surface area contributed by atoms with Crippen LogP contribution in [0.25, 0.3) is 5.65 Å². The predicted molar refractivity (Wildman–Crippen MR) is 131 cm³/mol. The number of carbonyl (C=O) groups excluding carboxylic acids is 1. The molecule has 0 spiro atoms. The largest absolute Gasteiger partial charge is 0.373 e. The van der Waals surface area contributed by atoms with Crippen molar-refractivity contribution in [3.8, 4) is 0 Å². The standard InChI is InChI=1S/C23H30FN9O2/c1-25-6-9-31-8-5-14(13-31)32-7-3-4-17(23(32)35)28-19-11-20(26-2)33-21(30-19)15(12-27-33)22(34)29-18-10-16(18)24/h3-4,7,11-12,14,16,18,25-26H,5-6,8-10,13H2,1-2H3,(H,28,30)(H,29,34)/t14-,16+,18-/m1/s1. The lowest BCUT2D eigenvalue weighted by atomic mass is 10.2. The molecule has 4 N–H and O–H groups in total. The summed E-state index contributed by atoms with van der Waals surface area (Å²) in [7, 11) is 3.66. The van der Waals surface area contributed by atoms with Gasteiger partial charge in [-0.15, -0.1) is 0 Å². The molecule has 0 bridgehead atoms. The van der Waals surface area contributed by atoms with Crippen LogP contribution < -0.4 is 26.8 Å². The van der Waals surface area contributed by atoms with Crippen molar-refractivity contribution >= 4 is 28.9 Å². The molecule has 4 heterocycles. The molecule has 35 heavy (non-hydrogen) atoms. The third-order valence-electron chi connectivity index (χ3n) is 6.56. The zero-order chi connectivity index (χ0) is 24.5. The average molecular weight is 484 g/mol. The second kappa shape index (κ2) is 9.62. The molecule has 3 atom stereocenters. The fourth-order valence-corrected chi connectivity index (χ4v) is 4.47. The molecule has 1 aliphatic heterocycles. The van der Waals surface area contributed by atoms with Gasteiger partial charge in [0.1, 0.15) is 29.1 Å². The van der Waals surface area contributed by atoms with Gasteiger partial charge >= 0.3 is 0 Å². The SMILES string of the molecule is CNCCN1CC[C@@H](n2cccc(Nc3cc(NC)n4ncc(C(=O)N[C@@H]5C[C@@H]5F)c4n3)c2=O)C1. The average Bonchev–Trinajstić information content (AvgIpc) is 3.23. The quantitative estimate of drug-likeness (QED) is 0.356. The van der Waals surface area contributed by atoms with Crippen molar-refractivity contribution in [2.75, 3.05) is 50.9 Å². The maximum Gasteiger partial charge on any atom is 0.274 e. The van der Waals surface area contributed by atoms with Crippen LogP contribution in [0.3, 0.4) is 0 Å². The number of carbonyl (C=O) groups is 1. The van der Waals surface area contributed by atoms with Gasteiger partial charge < -0.3 is 25.8 Å². The van der Waals surface area contributed by atoms with Gasteiger partial charge in [0.25, 0.3) is 11.5 Å². The second-order valence-corrected chi connectivity index (χ2v) is 9.01. The summed E-state index contributed by atoms with van der Waals surface area (Å²) in [4.78, 5) is 32.8. The zero-order valence-electron chi connectivity index (χ0n) is 19.8. The van der Waals surface area contributed by atoms with Crippen molar-refractivity contribution in [1.82, 2.24) is 34.7 Å². The van der Waals surface area contributed by atoms with E-state index in [1.807, 2.05) is 19.3 Å². The van der Waals surface area contributed by atoms with Gasteiger partial charge in [0, 0.05) is 51.9 Å². The molecule has 0 aromatic carbocycles. The predicted octanol–water partition coefficient (Wildman–Crippen LogP) is 0.983. The number of alkyl halides is 1. The van der Waals surface area contributed by atoms with Gasteiger partial charge in [-0.2, -0.15) is 9.61 Å². The molecule has 2 fully saturated rings. The van der Waals surface area contributed by atoms with Gasteiger partial charge in [0.15, 0.2) is 5.65 Å². The number of rotatable bonds is 9. The Balaban J connectivity index is 1.40. The number of anilines is 3. The first kappa shape index (κ1) is 23.2. The van der Waals surface area contributed by atoms with Crippen LogP contribution in [0.4, 0.5) is 21.7 Å². The fourth-order valence-electron chi connectivity index (χ4n) is 4.47. The number of aromatic nitrogens is 4. The minimum absolute atomic E-state index is 0.108. The molecule has 3 aromatic heterocycles. The molecule has 5 rings (SSSR count). The summed E-state index contributed by atoms with van der Waals surface area (Å²) in [5.41, 5.74) is 0.807. The lowest BCUT2D eigenvalue weighted by Gasteiger charge is -2.18. The fraction of sp³-hybridized carbons (Fsp3) is 0.478. The minimum atomic E-state index is -1.01. The van der Waals surface area contributed by atoms with Crippen LogP contribution in [0.2, 0.25) is 0 Å². The maximum absolute atomic E-state index is 13.3. The van der Waals surface area contributed by atoms with E-state index >= 15 is 0 Å². The maximum atomic E-state index is 13.3. The number of hydrogen-bond acceptors (Lipinski definition) is 8. The van der Waals surface area contributed by atoms with E-state index in [2.05, 4.69) is 36.2 Å². The Bertz CT molecular complexity index is 1290. The van der Waals surface area contributed by atoms with Gasteiger partial charge in [-0.3, -0.25) is 14.5 Å². The van der Waals surface area contributed by atoms with Gasteiger partial charge in [0.2, 0.25) is 0 Å². The van der Waals surface area contributed by atoms with Crippen LogP contribution in [0, 0.1) is 0 Å². The first-order valence-electron chi connectivity index (χ1n) is 11.8. The smallest absolute Gasteiger partial charge is 0.274 e. The normalized spacial score (nSPS) is 21.9.